The van der Waals surface area contributed by atoms with E-state index in [4.69, 9.17) is 9.63 Å². The molecule has 1 amide bonds. The van der Waals surface area contributed by atoms with Gasteiger partial charge in [0.1, 0.15) is 0 Å². The molecule has 0 fully saturated rings. The Morgan fingerprint density at radius 1 is 1.69 bits per heavy atom. The number of rotatable bonds is 5. The number of aryl methyl sites for hydroxylation is 1. The lowest BCUT2D eigenvalue weighted by molar-refractivity contribution is 0.0848. The van der Waals surface area contributed by atoms with Crippen molar-refractivity contribution >= 4 is 5.91 Å². The third kappa shape index (κ3) is 3.06. The van der Waals surface area contributed by atoms with E-state index in [1.807, 2.05) is 13.8 Å². The molecule has 0 bridgehead atoms. The van der Waals surface area contributed by atoms with Gasteiger partial charge in [-0.3, -0.25) is 4.79 Å². The second kappa shape index (κ2) is 5.12. The van der Waals surface area contributed by atoms with Crippen LogP contribution < -0.4 is 5.32 Å². The van der Waals surface area contributed by atoms with Gasteiger partial charge in [-0.2, -0.15) is 0 Å². The Morgan fingerprint density at radius 3 is 2.81 bits per heavy atom. The number of amides is 1. The van der Waals surface area contributed by atoms with Crippen molar-refractivity contribution in [2.75, 3.05) is 6.61 Å². The molecule has 0 aliphatic rings. The Morgan fingerprint density at radius 2 is 2.38 bits per heavy atom. The van der Waals surface area contributed by atoms with E-state index >= 15 is 0 Å². The highest BCUT2D eigenvalue weighted by atomic mass is 16.5. The number of nitrogens with one attached hydrogen (secondary N) is 1. The molecule has 16 heavy (non-hydrogen) atoms. The first kappa shape index (κ1) is 12.7. The van der Waals surface area contributed by atoms with Crippen molar-refractivity contribution in [3.8, 4) is 0 Å². The first-order chi connectivity index (χ1) is 7.50. The zero-order valence-electron chi connectivity index (χ0n) is 9.91. The van der Waals surface area contributed by atoms with Crippen molar-refractivity contribution in [2.45, 2.75) is 39.2 Å². The third-order valence-electron chi connectivity index (χ3n) is 2.71. The van der Waals surface area contributed by atoms with Gasteiger partial charge in [-0.05, 0) is 26.7 Å². The van der Waals surface area contributed by atoms with Gasteiger partial charge in [0.05, 0.1) is 5.69 Å². The van der Waals surface area contributed by atoms with Crippen LogP contribution in [0.3, 0.4) is 0 Å². The van der Waals surface area contributed by atoms with E-state index in [2.05, 4.69) is 10.5 Å². The molecule has 0 aliphatic heterocycles. The minimum atomic E-state index is -0.410. The van der Waals surface area contributed by atoms with E-state index < -0.39 is 5.54 Å². The number of nitrogens with zero attached hydrogens (tertiary/aromatic N) is 1. The van der Waals surface area contributed by atoms with Crippen LogP contribution in [0.25, 0.3) is 0 Å². The summed E-state index contributed by atoms with van der Waals surface area (Å²) in [5, 5.41) is 15.4. The monoisotopic (exact) mass is 226 g/mol. The zero-order chi connectivity index (χ0) is 12.2. The highest BCUT2D eigenvalue weighted by molar-refractivity contribution is 5.91. The predicted molar refractivity (Wildman–Crippen MR) is 59.1 cm³/mol. The maximum absolute atomic E-state index is 11.8. The Bertz CT molecular complexity index is 362. The number of aliphatic hydroxyl groups is 1. The first-order valence-electron chi connectivity index (χ1n) is 5.37. The lowest BCUT2D eigenvalue weighted by Crippen LogP contribution is -2.46. The normalized spacial score (nSPS) is 14.5. The van der Waals surface area contributed by atoms with Crippen molar-refractivity contribution in [2.24, 2.45) is 0 Å². The second-order valence-electron chi connectivity index (χ2n) is 4.17. The summed E-state index contributed by atoms with van der Waals surface area (Å²) in [6.45, 7) is 5.65. The smallest absolute Gasteiger partial charge is 0.290 e. The summed E-state index contributed by atoms with van der Waals surface area (Å²) in [5.74, 6) is -0.0893. The standard InChI is InChI=1S/C11H18N2O3/c1-4-11(3,5-6-14)12-10(15)9-7-8(2)13-16-9/h7,14H,4-6H2,1-3H3,(H,12,15). The molecule has 1 heterocycles. The molecular weight excluding hydrogens is 208 g/mol. The van der Waals surface area contributed by atoms with Crippen molar-refractivity contribution in [3.05, 3.63) is 17.5 Å². The molecule has 0 spiro atoms. The van der Waals surface area contributed by atoms with Crippen LogP contribution >= 0.6 is 0 Å². The number of hydrogen-bond acceptors (Lipinski definition) is 4. The quantitative estimate of drug-likeness (QED) is 0.792. The first-order valence-corrected chi connectivity index (χ1v) is 5.37. The van der Waals surface area contributed by atoms with Crippen molar-refractivity contribution in [1.82, 2.24) is 10.5 Å². The molecule has 1 unspecified atom stereocenters. The van der Waals surface area contributed by atoms with Crippen LogP contribution in [0.5, 0.6) is 0 Å². The van der Waals surface area contributed by atoms with E-state index in [0.29, 0.717) is 12.1 Å². The summed E-state index contributed by atoms with van der Waals surface area (Å²) < 4.78 is 4.87. The molecule has 90 valence electrons. The Hall–Kier alpha value is -1.36. The lowest BCUT2D eigenvalue weighted by Gasteiger charge is -2.28. The van der Waals surface area contributed by atoms with Gasteiger partial charge in [0.15, 0.2) is 0 Å². The van der Waals surface area contributed by atoms with Crippen LogP contribution in [0.2, 0.25) is 0 Å². The zero-order valence-corrected chi connectivity index (χ0v) is 9.91. The van der Waals surface area contributed by atoms with E-state index in [1.165, 1.54) is 0 Å². The fourth-order valence-corrected chi connectivity index (χ4v) is 1.38. The average Bonchev–Trinajstić information content (AvgIpc) is 2.65. The van der Waals surface area contributed by atoms with E-state index in [1.54, 1.807) is 13.0 Å². The summed E-state index contributed by atoms with van der Waals surface area (Å²) in [6.07, 6.45) is 1.26. The van der Waals surface area contributed by atoms with E-state index in [-0.39, 0.29) is 18.3 Å². The van der Waals surface area contributed by atoms with Crippen LogP contribution in [-0.2, 0) is 0 Å². The molecule has 0 aliphatic carbocycles. The fraction of sp³-hybridized carbons (Fsp3) is 0.636. The molecule has 1 atom stereocenters. The topological polar surface area (TPSA) is 75.4 Å². The number of carbonyl (C=O) groups is 1. The molecule has 1 rings (SSSR count). The molecule has 0 radical (unpaired) electrons. The fourth-order valence-electron chi connectivity index (χ4n) is 1.38. The Labute approximate surface area is 94.8 Å². The molecule has 1 aromatic heterocycles. The van der Waals surface area contributed by atoms with E-state index in [9.17, 15) is 4.79 Å². The predicted octanol–water partition coefficient (Wildman–Crippen LogP) is 1.26. The summed E-state index contributed by atoms with van der Waals surface area (Å²) in [4.78, 5) is 11.8. The van der Waals surface area contributed by atoms with Gasteiger partial charge in [0.25, 0.3) is 5.91 Å². The van der Waals surface area contributed by atoms with Gasteiger partial charge >= 0.3 is 0 Å². The van der Waals surface area contributed by atoms with Gasteiger partial charge in [-0.25, -0.2) is 0 Å². The van der Waals surface area contributed by atoms with Gasteiger partial charge in [-0.15, -0.1) is 0 Å². The molecule has 0 aromatic carbocycles. The summed E-state index contributed by atoms with van der Waals surface area (Å²) >= 11 is 0. The van der Waals surface area contributed by atoms with Crippen molar-refractivity contribution < 1.29 is 14.4 Å². The Kier molecular flexibility index (Phi) is 4.06. The van der Waals surface area contributed by atoms with E-state index in [0.717, 1.165) is 6.42 Å². The maximum Gasteiger partial charge on any atom is 0.290 e. The van der Waals surface area contributed by atoms with Gasteiger partial charge in [-0.1, -0.05) is 12.1 Å². The number of aliphatic hydroxyl groups excluding tert-OH is 1. The van der Waals surface area contributed by atoms with Crippen LogP contribution in [0.1, 0.15) is 42.9 Å². The summed E-state index contributed by atoms with van der Waals surface area (Å²) in [7, 11) is 0. The molecule has 5 nitrogen and oxygen atoms in total. The van der Waals surface area contributed by atoms with Crippen molar-refractivity contribution in [1.29, 1.82) is 0 Å². The largest absolute Gasteiger partial charge is 0.396 e. The summed E-state index contributed by atoms with van der Waals surface area (Å²) in [5.41, 5.74) is 0.262. The number of hydrogen-bond donors (Lipinski definition) is 2. The van der Waals surface area contributed by atoms with Crippen LogP contribution in [0.4, 0.5) is 0 Å². The van der Waals surface area contributed by atoms with Crippen molar-refractivity contribution in [3.63, 3.8) is 0 Å². The minimum absolute atomic E-state index is 0.0417. The molecule has 1 aromatic rings. The lowest BCUT2D eigenvalue weighted by atomic mass is 9.95. The molecular formula is C11H18N2O3. The van der Waals surface area contributed by atoms with Crippen LogP contribution in [0.15, 0.2) is 10.6 Å². The Balaban J connectivity index is 2.69. The summed E-state index contributed by atoms with van der Waals surface area (Å²) in [6, 6.07) is 1.59. The minimum Gasteiger partial charge on any atom is -0.396 e. The third-order valence-corrected chi connectivity index (χ3v) is 2.71. The maximum atomic E-state index is 11.8. The highest BCUT2D eigenvalue weighted by Gasteiger charge is 2.25. The van der Waals surface area contributed by atoms with Gasteiger partial charge in [0, 0.05) is 18.2 Å². The SMILES string of the molecule is CCC(C)(CCO)NC(=O)c1cc(C)no1. The number of aromatic nitrogens is 1. The molecule has 2 N–H and O–H groups in total. The highest BCUT2D eigenvalue weighted by Crippen LogP contribution is 2.15. The van der Waals surface area contributed by atoms with Crippen LogP contribution in [-0.4, -0.2) is 28.3 Å². The molecule has 5 heteroatoms. The van der Waals surface area contributed by atoms with Gasteiger partial charge < -0.3 is 14.9 Å². The second-order valence-corrected chi connectivity index (χ2v) is 4.17. The van der Waals surface area contributed by atoms with Crippen LogP contribution in [0, 0.1) is 6.92 Å². The average molecular weight is 226 g/mol. The van der Waals surface area contributed by atoms with Gasteiger partial charge in [0.2, 0.25) is 5.76 Å². The molecule has 0 saturated heterocycles. The molecule has 0 saturated carbocycles. The number of carbonyl (C=O) groups excluding carboxylic acids is 1.